The van der Waals surface area contributed by atoms with E-state index in [2.05, 4.69) is 10.2 Å². The Balaban J connectivity index is 1.96. The minimum absolute atomic E-state index is 0.587. The van der Waals surface area contributed by atoms with Crippen molar-refractivity contribution in [3.63, 3.8) is 0 Å². The van der Waals surface area contributed by atoms with Crippen molar-refractivity contribution in [2.75, 3.05) is 25.5 Å². The summed E-state index contributed by atoms with van der Waals surface area (Å²) in [6.45, 7) is 1.95. The van der Waals surface area contributed by atoms with Crippen molar-refractivity contribution < 1.29 is 4.74 Å². The highest BCUT2D eigenvalue weighted by Gasteiger charge is 1.96. The van der Waals surface area contributed by atoms with Gasteiger partial charge in [0, 0.05) is 12.3 Å². The van der Waals surface area contributed by atoms with Crippen molar-refractivity contribution in [1.82, 2.24) is 10.2 Å². The molecule has 1 heterocycles. The monoisotopic (exact) mass is 205 g/mol. The van der Waals surface area contributed by atoms with Crippen LogP contribution in [0, 0.1) is 0 Å². The van der Waals surface area contributed by atoms with Crippen LogP contribution in [-0.4, -0.2) is 35.7 Å². The van der Waals surface area contributed by atoms with Gasteiger partial charge in [0.2, 0.25) is 0 Å². The Morgan fingerprint density at radius 1 is 1.58 bits per heavy atom. The third-order valence-electron chi connectivity index (χ3n) is 1.06. The first-order chi connectivity index (χ1) is 5.93. The maximum Gasteiger partial charge on any atom is 0.174 e. The fraction of sp³-hybridized carbons (Fsp3) is 0.667. The van der Waals surface area contributed by atoms with Gasteiger partial charge in [0.05, 0.1) is 13.2 Å². The molecule has 1 aromatic heterocycles. The van der Waals surface area contributed by atoms with Gasteiger partial charge in [0.25, 0.3) is 0 Å². The molecule has 0 aromatic carbocycles. The fourth-order valence-electron chi connectivity index (χ4n) is 0.599. The summed E-state index contributed by atoms with van der Waals surface area (Å²) in [6, 6.07) is 0. The smallest absolute Gasteiger partial charge is 0.174 e. The molecule has 0 atom stereocenters. The lowest BCUT2D eigenvalue weighted by molar-refractivity contribution is 0.158. The summed E-state index contributed by atoms with van der Waals surface area (Å²) in [5.74, 6) is 0.912. The van der Waals surface area contributed by atoms with E-state index in [9.17, 15) is 0 Å². The summed E-state index contributed by atoms with van der Waals surface area (Å²) in [6.07, 6.45) is 0. The minimum Gasteiger partial charge on any atom is -0.379 e. The van der Waals surface area contributed by atoms with Crippen molar-refractivity contribution in [2.24, 2.45) is 5.73 Å². The number of nitrogens with two attached hydrogens (primary N) is 1. The van der Waals surface area contributed by atoms with E-state index in [-0.39, 0.29) is 0 Å². The summed E-state index contributed by atoms with van der Waals surface area (Å²) in [5.41, 5.74) is 6.98. The highest BCUT2D eigenvalue weighted by Crippen LogP contribution is 2.17. The Labute approximate surface area is 79.5 Å². The molecule has 0 aliphatic rings. The van der Waals surface area contributed by atoms with Crippen LogP contribution in [0.25, 0.3) is 0 Å². The molecule has 1 aromatic rings. The number of aromatic nitrogens is 2. The van der Waals surface area contributed by atoms with Gasteiger partial charge in [0.15, 0.2) is 4.34 Å². The highest BCUT2D eigenvalue weighted by atomic mass is 32.2. The predicted molar refractivity (Wildman–Crippen MR) is 50.5 cm³/mol. The molecule has 0 amide bonds. The van der Waals surface area contributed by atoms with E-state index in [1.165, 1.54) is 0 Å². The topological polar surface area (TPSA) is 61.0 Å². The average molecular weight is 205 g/mol. The first kappa shape index (κ1) is 9.91. The molecular weight excluding hydrogens is 194 g/mol. The predicted octanol–water partition coefficient (Wildman–Crippen LogP) is 0.605. The lowest BCUT2D eigenvalue weighted by atomic mass is 10.7. The molecule has 0 spiro atoms. The Hall–Kier alpha value is -0.170. The van der Waals surface area contributed by atoms with Gasteiger partial charge in [-0.2, -0.15) is 0 Å². The SMILES string of the molecule is NCCOCCSc1nncs1. The highest BCUT2D eigenvalue weighted by molar-refractivity contribution is 8.01. The molecule has 12 heavy (non-hydrogen) atoms. The van der Waals surface area contributed by atoms with Crippen molar-refractivity contribution in [3.05, 3.63) is 5.51 Å². The Bertz CT molecular complexity index is 193. The first-order valence-corrected chi connectivity index (χ1v) is 5.47. The maximum absolute atomic E-state index is 5.25. The molecule has 0 bridgehead atoms. The van der Waals surface area contributed by atoms with Gasteiger partial charge in [-0.05, 0) is 0 Å². The molecule has 0 aliphatic carbocycles. The van der Waals surface area contributed by atoms with Crippen LogP contribution in [0.3, 0.4) is 0 Å². The van der Waals surface area contributed by atoms with Gasteiger partial charge in [-0.1, -0.05) is 23.1 Å². The number of ether oxygens (including phenoxy) is 1. The largest absolute Gasteiger partial charge is 0.379 e. The number of hydrogen-bond acceptors (Lipinski definition) is 6. The third-order valence-corrected chi connectivity index (χ3v) is 2.88. The van der Waals surface area contributed by atoms with E-state index in [1.54, 1.807) is 28.6 Å². The van der Waals surface area contributed by atoms with Crippen molar-refractivity contribution in [1.29, 1.82) is 0 Å². The summed E-state index contributed by atoms with van der Waals surface area (Å²) >= 11 is 3.20. The van der Waals surface area contributed by atoms with Gasteiger partial charge in [-0.15, -0.1) is 10.2 Å². The van der Waals surface area contributed by atoms with E-state index >= 15 is 0 Å². The average Bonchev–Trinajstić information content (AvgIpc) is 2.57. The van der Waals surface area contributed by atoms with Crippen molar-refractivity contribution in [3.8, 4) is 0 Å². The number of nitrogens with zero attached hydrogens (tertiary/aromatic N) is 2. The molecule has 0 aliphatic heterocycles. The lowest BCUT2D eigenvalue weighted by Crippen LogP contribution is -2.09. The molecule has 2 N–H and O–H groups in total. The van der Waals surface area contributed by atoms with Crippen LogP contribution < -0.4 is 5.73 Å². The summed E-state index contributed by atoms with van der Waals surface area (Å²) in [4.78, 5) is 0. The first-order valence-electron chi connectivity index (χ1n) is 3.60. The zero-order valence-electron chi connectivity index (χ0n) is 6.60. The molecule has 6 heteroatoms. The molecule has 0 unspecified atom stereocenters. The van der Waals surface area contributed by atoms with E-state index in [4.69, 9.17) is 10.5 Å². The number of thioether (sulfide) groups is 1. The molecular formula is C6H11N3OS2. The van der Waals surface area contributed by atoms with E-state index in [0.717, 1.165) is 16.7 Å². The summed E-state index contributed by atoms with van der Waals surface area (Å²) < 4.78 is 6.18. The molecule has 0 fully saturated rings. The molecule has 1 rings (SSSR count). The van der Waals surface area contributed by atoms with Gasteiger partial charge < -0.3 is 10.5 Å². The van der Waals surface area contributed by atoms with E-state index in [1.807, 2.05) is 0 Å². The fourth-order valence-corrected chi connectivity index (χ4v) is 2.01. The van der Waals surface area contributed by atoms with Crippen LogP contribution in [0.2, 0.25) is 0 Å². The van der Waals surface area contributed by atoms with Gasteiger partial charge >= 0.3 is 0 Å². The lowest BCUT2D eigenvalue weighted by Gasteiger charge is -1.99. The van der Waals surface area contributed by atoms with Crippen LogP contribution in [0.1, 0.15) is 0 Å². The molecule has 0 saturated heterocycles. The standard InChI is InChI=1S/C6H11N3OS2/c7-1-2-10-3-4-11-6-9-8-5-12-6/h5H,1-4,7H2. The summed E-state index contributed by atoms with van der Waals surface area (Å²) in [7, 11) is 0. The Kier molecular flexibility index (Phi) is 5.25. The molecule has 68 valence electrons. The van der Waals surface area contributed by atoms with Crippen molar-refractivity contribution >= 4 is 23.1 Å². The van der Waals surface area contributed by atoms with Crippen LogP contribution in [0.15, 0.2) is 9.85 Å². The van der Waals surface area contributed by atoms with Gasteiger partial charge in [-0.25, -0.2) is 0 Å². The molecule has 0 saturated carbocycles. The van der Waals surface area contributed by atoms with Crippen LogP contribution in [0.5, 0.6) is 0 Å². The van der Waals surface area contributed by atoms with E-state index in [0.29, 0.717) is 13.2 Å². The zero-order chi connectivity index (χ0) is 8.65. The molecule has 0 radical (unpaired) electrons. The second-order valence-electron chi connectivity index (χ2n) is 1.95. The van der Waals surface area contributed by atoms with Crippen LogP contribution in [-0.2, 0) is 4.74 Å². The normalized spacial score (nSPS) is 10.4. The van der Waals surface area contributed by atoms with Gasteiger partial charge in [-0.3, -0.25) is 0 Å². The quantitative estimate of drug-likeness (QED) is 0.544. The van der Waals surface area contributed by atoms with Crippen molar-refractivity contribution in [2.45, 2.75) is 4.34 Å². The second-order valence-corrected chi connectivity index (χ2v) is 4.13. The number of hydrogen-bond donors (Lipinski definition) is 1. The second kappa shape index (κ2) is 6.36. The Morgan fingerprint density at radius 2 is 2.50 bits per heavy atom. The van der Waals surface area contributed by atoms with E-state index < -0.39 is 0 Å². The van der Waals surface area contributed by atoms with Gasteiger partial charge in [0.1, 0.15) is 5.51 Å². The maximum atomic E-state index is 5.25. The number of rotatable bonds is 6. The van der Waals surface area contributed by atoms with Crippen LogP contribution in [0.4, 0.5) is 0 Å². The third kappa shape index (κ3) is 4.01. The Morgan fingerprint density at radius 3 is 3.17 bits per heavy atom. The molecule has 4 nitrogen and oxygen atoms in total. The van der Waals surface area contributed by atoms with Crippen LogP contribution >= 0.6 is 23.1 Å². The zero-order valence-corrected chi connectivity index (χ0v) is 8.24. The minimum atomic E-state index is 0.587. The summed E-state index contributed by atoms with van der Waals surface area (Å²) in [5, 5.41) is 7.61.